The molecule has 1 fully saturated rings. The predicted octanol–water partition coefficient (Wildman–Crippen LogP) is 3.16. The number of amides is 1. The number of anilines is 1. The molecule has 0 aliphatic carbocycles. The molecule has 2 heterocycles. The van der Waals surface area contributed by atoms with E-state index in [4.69, 9.17) is 4.74 Å². The van der Waals surface area contributed by atoms with E-state index in [9.17, 15) is 14.9 Å². The molecule has 0 atom stereocenters. The summed E-state index contributed by atoms with van der Waals surface area (Å²) in [6, 6.07) is 8.01. The van der Waals surface area contributed by atoms with Gasteiger partial charge in [0.05, 0.1) is 23.3 Å². The molecule has 0 spiro atoms. The molecule has 0 radical (unpaired) electrons. The fourth-order valence-corrected chi connectivity index (χ4v) is 3.29. The number of carbonyl (C=O) groups is 1. The van der Waals surface area contributed by atoms with Crippen LogP contribution in [0.15, 0.2) is 36.5 Å². The van der Waals surface area contributed by atoms with Crippen LogP contribution in [0.5, 0.6) is 5.88 Å². The summed E-state index contributed by atoms with van der Waals surface area (Å²) in [6.45, 7) is 4.16. The maximum Gasteiger partial charge on any atom is 0.270 e. The van der Waals surface area contributed by atoms with E-state index >= 15 is 0 Å². The monoisotopic (exact) mass is 384 g/mol. The Morgan fingerprint density at radius 3 is 2.75 bits per heavy atom. The minimum absolute atomic E-state index is 0.0927. The molecule has 1 amide bonds. The zero-order valence-corrected chi connectivity index (χ0v) is 16.1. The molecule has 28 heavy (non-hydrogen) atoms. The zero-order valence-electron chi connectivity index (χ0n) is 16.1. The van der Waals surface area contributed by atoms with Gasteiger partial charge in [0.25, 0.3) is 11.6 Å². The molecule has 0 bridgehead atoms. The van der Waals surface area contributed by atoms with E-state index in [0.717, 1.165) is 37.2 Å². The quantitative estimate of drug-likeness (QED) is 0.607. The van der Waals surface area contributed by atoms with Crippen LogP contribution in [0.25, 0.3) is 0 Å². The summed E-state index contributed by atoms with van der Waals surface area (Å²) in [4.78, 5) is 29.8. The minimum Gasteiger partial charge on any atom is -0.481 e. The standard InChI is InChI=1S/C20H24N4O4/c1-14-6-9-23(10-7-14)18-4-3-16(24(26)27)12-17(18)20(25)22-13-15-5-8-21-19(11-15)28-2/h3-5,8,11-12,14H,6-7,9-10,13H2,1-2H3,(H,22,25). The number of nitro benzene ring substituents is 1. The third kappa shape index (κ3) is 4.57. The van der Waals surface area contributed by atoms with Crippen molar-refractivity contribution in [2.75, 3.05) is 25.1 Å². The number of non-ortho nitro benzene ring substituents is 1. The third-order valence-corrected chi connectivity index (χ3v) is 5.02. The van der Waals surface area contributed by atoms with Gasteiger partial charge in [-0.2, -0.15) is 0 Å². The number of hydrogen-bond donors (Lipinski definition) is 1. The Kier molecular flexibility index (Phi) is 6.08. The maximum absolute atomic E-state index is 12.9. The number of benzene rings is 1. The lowest BCUT2D eigenvalue weighted by molar-refractivity contribution is -0.384. The van der Waals surface area contributed by atoms with Crippen LogP contribution in [0.1, 0.15) is 35.7 Å². The Labute approximate surface area is 163 Å². The topological polar surface area (TPSA) is 97.6 Å². The van der Waals surface area contributed by atoms with Gasteiger partial charge in [0.1, 0.15) is 0 Å². The SMILES string of the molecule is COc1cc(CNC(=O)c2cc([N+](=O)[O-])ccc2N2CCC(C)CC2)ccn1. The van der Waals surface area contributed by atoms with E-state index in [-0.39, 0.29) is 18.1 Å². The number of aromatic nitrogens is 1. The van der Waals surface area contributed by atoms with Gasteiger partial charge in [0.2, 0.25) is 5.88 Å². The van der Waals surface area contributed by atoms with Crippen molar-refractivity contribution in [3.63, 3.8) is 0 Å². The van der Waals surface area contributed by atoms with E-state index in [1.807, 2.05) is 0 Å². The van der Waals surface area contributed by atoms with Crippen LogP contribution in [0.2, 0.25) is 0 Å². The minimum atomic E-state index is -0.480. The van der Waals surface area contributed by atoms with E-state index in [0.29, 0.717) is 17.4 Å². The number of methoxy groups -OCH3 is 1. The molecule has 8 heteroatoms. The van der Waals surface area contributed by atoms with Gasteiger partial charge in [0, 0.05) is 44.0 Å². The average Bonchev–Trinajstić information content (AvgIpc) is 2.72. The van der Waals surface area contributed by atoms with Crippen molar-refractivity contribution in [1.82, 2.24) is 10.3 Å². The van der Waals surface area contributed by atoms with Gasteiger partial charge >= 0.3 is 0 Å². The van der Waals surface area contributed by atoms with Crippen LogP contribution < -0.4 is 15.0 Å². The number of nitrogens with one attached hydrogen (secondary N) is 1. The molecular weight excluding hydrogens is 360 g/mol. The van der Waals surface area contributed by atoms with Crippen LogP contribution in [0, 0.1) is 16.0 Å². The first-order valence-corrected chi connectivity index (χ1v) is 9.28. The summed E-state index contributed by atoms with van der Waals surface area (Å²) in [5, 5.41) is 14.0. The van der Waals surface area contributed by atoms with E-state index in [2.05, 4.69) is 22.1 Å². The zero-order chi connectivity index (χ0) is 20.1. The molecule has 0 unspecified atom stereocenters. The maximum atomic E-state index is 12.9. The van der Waals surface area contributed by atoms with Crippen LogP contribution in [-0.2, 0) is 6.54 Å². The van der Waals surface area contributed by atoms with Gasteiger partial charge in [0.15, 0.2) is 0 Å². The van der Waals surface area contributed by atoms with Gasteiger partial charge in [-0.25, -0.2) is 4.98 Å². The number of rotatable bonds is 6. The van der Waals surface area contributed by atoms with E-state index < -0.39 is 4.92 Å². The van der Waals surface area contributed by atoms with Crippen molar-refractivity contribution in [3.8, 4) is 5.88 Å². The number of carbonyl (C=O) groups excluding carboxylic acids is 1. The van der Waals surface area contributed by atoms with Gasteiger partial charge < -0.3 is 15.0 Å². The highest BCUT2D eigenvalue weighted by atomic mass is 16.6. The molecule has 0 saturated carbocycles. The normalized spacial score (nSPS) is 14.6. The molecule has 8 nitrogen and oxygen atoms in total. The van der Waals surface area contributed by atoms with Crippen LogP contribution in [0.3, 0.4) is 0 Å². The lowest BCUT2D eigenvalue weighted by Gasteiger charge is -2.33. The molecule has 1 aromatic carbocycles. The molecular formula is C20H24N4O4. The molecule has 1 aromatic heterocycles. The van der Waals surface area contributed by atoms with E-state index in [1.165, 1.54) is 19.2 Å². The smallest absolute Gasteiger partial charge is 0.270 e. The van der Waals surface area contributed by atoms with Gasteiger partial charge in [-0.1, -0.05) is 6.92 Å². The van der Waals surface area contributed by atoms with Crippen molar-refractivity contribution in [1.29, 1.82) is 0 Å². The van der Waals surface area contributed by atoms with Gasteiger partial charge in [-0.3, -0.25) is 14.9 Å². The van der Waals surface area contributed by atoms with Gasteiger partial charge in [-0.05, 0) is 36.5 Å². The first-order chi connectivity index (χ1) is 13.5. The number of pyridine rings is 1. The summed E-state index contributed by atoms with van der Waals surface area (Å²) >= 11 is 0. The first kappa shape index (κ1) is 19.6. The largest absolute Gasteiger partial charge is 0.481 e. The number of nitro groups is 1. The van der Waals surface area contributed by atoms with Crippen molar-refractivity contribution >= 4 is 17.3 Å². The fourth-order valence-electron chi connectivity index (χ4n) is 3.29. The molecule has 1 saturated heterocycles. The molecule has 1 N–H and O–H groups in total. The number of nitrogens with zero attached hydrogens (tertiary/aromatic N) is 3. The van der Waals surface area contributed by atoms with Gasteiger partial charge in [-0.15, -0.1) is 0 Å². The summed E-state index contributed by atoms with van der Waals surface area (Å²) in [6.07, 6.45) is 3.68. The van der Waals surface area contributed by atoms with Crippen LogP contribution >= 0.6 is 0 Å². The van der Waals surface area contributed by atoms with Crippen LogP contribution in [-0.4, -0.2) is 36.0 Å². The second-order valence-electron chi connectivity index (χ2n) is 7.02. The number of ether oxygens (including phenoxy) is 1. The molecule has 1 aliphatic heterocycles. The molecule has 148 valence electrons. The highest BCUT2D eigenvalue weighted by molar-refractivity contribution is 6.00. The Morgan fingerprint density at radius 1 is 1.32 bits per heavy atom. The Bertz CT molecular complexity index is 863. The Morgan fingerprint density at radius 2 is 2.07 bits per heavy atom. The second-order valence-corrected chi connectivity index (χ2v) is 7.02. The average molecular weight is 384 g/mol. The summed E-state index contributed by atoms with van der Waals surface area (Å²) in [5.74, 6) is 0.770. The van der Waals surface area contributed by atoms with Crippen LogP contribution in [0.4, 0.5) is 11.4 Å². The molecule has 3 rings (SSSR count). The van der Waals surface area contributed by atoms with Crippen molar-refractivity contribution < 1.29 is 14.5 Å². The van der Waals surface area contributed by atoms with E-state index in [1.54, 1.807) is 24.4 Å². The fraction of sp³-hybridized carbons (Fsp3) is 0.400. The molecule has 2 aromatic rings. The Hall–Kier alpha value is -3.16. The van der Waals surface area contributed by atoms with Crippen molar-refractivity contribution in [2.24, 2.45) is 5.92 Å². The Balaban J connectivity index is 1.81. The highest BCUT2D eigenvalue weighted by Gasteiger charge is 2.23. The van der Waals surface area contributed by atoms with Crippen molar-refractivity contribution in [3.05, 3.63) is 57.8 Å². The second kappa shape index (κ2) is 8.69. The lowest BCUT2D eigenvalue weighted by Crippen LogP contribution is -2.35. The van der Waals surface area contributed by atoms with Crippen molar-refractivity contribution in [2.45, 2.75) is 26.3 Å². The third-order valence-electron chi connectivity index (χ3n) is 5.02. The number of piperidine rings is 1. The first-order valence-electron chi connectivity index (χ1n) is 9.28. The summed E-state index contributed by atoms with van der Waals surface area (Å²) in [7, 11) is 1.53. The lowest BCUT2D eigenvalue weighted by atomic mass is 9.98. The summed E-state index contributed by atoms with van der Waals surface area (Å²) < 4.78 is 5.09. The summed E-state index contributed by atoms with van der Waals surface area (Å²) in [5.41, 5.74) is 1.80. The predicted molar refractivity (Wildman–Crippen MR) is 106 cm³/mol. The molecule has 1 aliphatic rings. The highest BCUT2D eigenvalue weighted by Crippen LogP contribution is 2.29. The number of hydrogen-bond acceptors (Lipinski definition) is 6.